The molecule has 0 aliphatic heterocycles. The van der Waals surface area contributed by atoms with Crippen molar-refractivity contribution in [2.45, 2.75) is 19.4 Å². The summed E-state index contributed by atoms with van der Waals surface area (Å²) in [6.45, 7) is 0.587. The average Bonchev–Trinajstić information content (AvgIpc) is 2.78. The van der Waals surface area contributed by atoms with Crippen LogP contribution >= 0.6 is 0 Å². The number of aromatic nitrogens is 4. The van der Waals surface area contributed by atoms with E-state index < -0.39 is 5.97 Å². The first-order valence-electron chi connectivity index (χ1n) is 5.27. The van der Waals surface area contributed by atoms with Gasteiger partial charge in [0.15, 0.2) is 5.82 Å². The quantitative estimate of drug-likeness (QED) is 0.837. The predicted molar refractivity (Wildman–Crippen MR) is 60.1 cm³/mol. The zero-order chi connectivity index (χ0) is 12.1. The van der Waals surface area contributed by atoms with E-state index in [1.165, 1.54) is 0 Å². The van der Waals surface area contributed by atoms with Gasteiger partial charge in [0.05, 0.1) is 0 Å². The summed E-state index contributed by atoms with van der Waals surface area (Å²) in [5.74, 6) is -0.0792. The first kappa shape index (κ1) is 11.3. The molecule has 17 heavy (non-hydrogen) atoms. The molecule has 2 aromatic heterocycles. The van der Waals surface area contributed by atoms with E-state index in [4.69, 9.17) is 5.11 Å². The molecule has 0 spiro atoms. The third kappa shape index (κ3) is 2.87. The lowest BCUT2D eigenvalue weighted by Crippen LogP contribution is -2.03. The van der Waals surface area contributed by atoms with Gasteiger partial charge in [-0.05, 0) is 18.6 Å². The van der Waals surface area contributed by atoms with Crippen molar-refractivity contribution in [3.63, 3.8) is 0 Å². The second-order valence-electron chi connectivity index (χ2n) is 3.59. The molecule has 0 atom stereocenters. The molecule has 0 saturated carbocycles. The molecule has 2 heterocycles. The molecule has 2 rings (SSSR count). The van der Waals surface area contributed by atoms with Crippen LogP contribution in [0.2, 0.25) is 0 Å². The van der Waals surface area contributed by atoms with Crippen molar-refractivity contribution in [2.75, 3.05) is 0 Å². The van der Waals surface area contributed by atoms with Crippen molar-refractivity contribution in [2.24, 2.45) is 0 Å². The Morgan fingerprint density at radius 1 is 1.47 bits per heavy atom. The molecule has 2 aromatic rings. The molecule has 0 saturated heterocycles. The van der Waals surface area contributed by atoms with Crippen LogP contribution in [0.5, 0.6) is 0 Å². The largest absolute Gasteiger partial charge is 0.481 e. The lowest BCUT2D eigenvalue weighted by Gasteiger charge is -2.04. The monoisotopic (exact) mass is 232 g/mol. The average molecular weight is 232 g/mol. The molecule has 0 fully saturated rings. The summed E-state index contributed by atoms with van der Waals surface area (Å²) in [6, 6.07) is 3.72. The topological polar surface area (TPSA) is 80.9 Å². The maximum Gasteiger partial charge on any atom is 0.303 e. The Bertz CT molecular complexity index is 495. The number of hydrogen-bond acceptors (Lipinski definition) is 4. The Morgan fingerprint density at radius 3 is 3.06 bits per heavy atom. The summed E-state index contributed by atoms with van der Waals surface area (Å²) < 4.78 is 1.83. The second-order valence-corrected chi connectivity index (χ2v) is 3.59. The Labute approximate surface area is 98.0 Å². The number of aliphatic carboxylic acids is 1. The van der Waals surface area contributed by atoms with Crippen LogP contribution in [0.1, 0.15) is 12.8 Å². The molecule has 6 nitrogen and oxygen atoms in total. The molecule has 6 heteroatoms. The van der Waals surface area contributed by atoms with E-state index >= 15 is 0 Å². The molecule has 0 bridgehead atoms. The minimum Gasteiger partial charge on any atom is -0.481 e. The number of nitrogens with zero attached hydrogens (tertiary/aromatic N) is 4. The third-order valence-electron chi connectivity index (χ3n) is 2.32. The number of carbonyl (C=O) groups is 1. The lowest BCUT2D eigenvalue weighted by atomic mass is 10.2. The minimum atomic E-state index is -0.791. The van der Waals surface area contributed by atoms with E-state index in [0.717, 1.165) is 5.56 Å². The Hall–Kier alpha value is -2.24. The van der Waals surface area contributed by atoms with Gasteiger partial charge in [0.25, 0.3) is 0 Å². The van der Waals surface area contributed by atoms with Gasteiger partial charge in [0, 0.05) is 30.9 Å². The fourth-order valence-electron chi connectivity index (χ4n) is 1.54. The van der Waals surface area contributed by atoms with Crippen LogP contribution in [-0.4, -0.2) is 30.8 Å². The molecule has 88 valence electrons. The maximum absolute atomic E-state index is 10.4. The van der Waals surface area contributed by atoms with E-state index in [-0.39, 0.29) is 6.42 Å². The predicted octanol–water partition coefficient (Wildman–Crippen LogP) is 1.20. The van der Waals surface area contributed by atoms with E-state index in [1.54, 1.807) is 18.7 Å². The SMILES string of the molecule is O=C(O)CCCn1cnnc1-c1cccnc1. The number of pyridine rings is 1. The normalized spacial score (nSPS) is 10.4. The van der Waals surface area contributed by atoms with Crippen molar-refractivity contribution in [3.05, 3.63) is 30.9 Å². The molecule has 0 radical (unpaired) electrons. The van der Waals surface area contributed by atoms with Crippen LogP contribution in [0.4, 0.5) is 0 Å². The van der Waals surface area contributed by atoms with Gasteiger partial charge < -0.3 is 9.67 Å². The van der Waals surface area contributed by atoms with Gasteiger partial charge in [-0.3, -0.25) is 9.78 Å². The smallest absolute Gasteiger partial charge is 0.303 e. The second kappa shape index (κ2) is 5.20. The van der Waals surface area contributed by atoms with E-state index in [1.807, 2.05) is 16.7 Å². The highest BCUT2D eigenvalue weighted by Gasteiger charge is 2.07. The number of carboxylic acids is 1. The molecule has 0 aliphatic carbocycles. The summed E-state index contributed by atoms with van der Waals surface area (Å²) >= 11 is 0. The maximum atomic E-state index is 10.4. The highest BCUT2D eigenvalue weighted by Crippen LogP contribution is 2.15. The minimum absolute atomic E-state index is 0.144. The first-order chi connectivity index (χ1) is 8.27. The van der Waals surface area contributed by atoms with Gasteiger partial charge >= 0.3 is 5.97 Å². The van der Waals surface area contributed by atoms with Crippen molar-refractivity contribution in [1.29, 1.82) is 0 Å². The fraction of sp³-hybridized carbons (Fsp3) is 0.273. The molecule has 1 N–H and O–H groups in total. The van der Waals surface area contributed by atoms with Crippen LogP contribution in [0.15, 0.2) is 30.9 Å². The Morgan fingerprint density at radius 2 is 2.35 bits per heavy atom. The third-order valence-corrected chi connectivity index (χ3v) is 2.32. The zero-order valence-electron chi connectivity index (χ0n) is 9.15. The van der Waals surface area contributed by atoms with Gasteiger partial charge in [-0.15, -0.1) is 10.2 Å². The van der Waals surface area contributed by atoms with Crippen molar-refractivity contribution < 1.29 is 9.90 Å². The highest BCUT2D eigenvalue weighted by molar-refractivity contribution is 5.66. The highest BCUT2D eigenvalue weighted by atomic mass is 16.4. The summed E-state index contributed by atoms with van der Waals surface area (Å²) in [4.78, 5) is 14.4. The van der Waals surface area contributed by atoms with Gasteiger partial charge in [0.1, 0.15) is 6.33 Å². The fourth-order valence-corrected chi connectivity index (χ4v) is 1.54. The lowest BCUT2D eigenvalue weighted by molar-refractivity contribution is -0.137. The van der Waals surface area contributed by atoms with E-state index in [2.05, 4.69) is 15.2 Å². The van der Waals surface area contributed by atoms with Crippen molar-refractivity contribution in [1.82, 2.24) is 19.7 Å². The summed E-state index contributed by atoms with van der Waals surface area (Å²) in [7, 11) is 0. The first-order valence-corrected chi connectivity index (χ1v) is 5.27. The van der Waals surface area contributed by atoms with Crippen LogP contribution in [-0.2, 0) is 11.3 Å². The van der Waals surface area contributed by atoms with Gasteiger partial charge in [-0.1, -0.05) is 0 Å². The van der Waals surface area contributed by atoms with Gasteiger partial charge in [-0.2, -0.15) is 0 Å². The van der Waals surface area contributed by atoms with Crippen molar-refractivity contribution in [3.8, 4) is 11.4 Å². The van der Waals surface area contributed by atoms with Gasteiger partial charge in [-0.25, -0.2) is 0 Å². The van der Waals surface area contributed by atoms with E-state index in [0.29, 0.717) is 18.8 Å². The molecule has 0 unspecified atom stereocenters. The molecule has 0 aromatic carbocycles. The summed E-state index contributed by atoms with van der Waals surface area (Å²) in [5, 5.41) is 16.4. The van der Waals surface area contributed by atoms with Crippen molar-refractivity contribution >= 4 is 5.97 Å². The number of rotatable bonds is 5. The Balaban J connectivity index is 2.10. The molecule has 0 aliphatic rings. The standard InChI is InChI=1S/C11H12N4O2/c16-10(17)4-2-6-15-8-13-14-11(15)9-3-1-5-12-7-9/h1,3,5,7-8H,2,4,6H2,(H,16,17). The van der Waals surface area contributed by atoms with Crippen LogP contribution in [0.3, 0.4) is 0 Å². The van der Waals surface area contributed by atoms with E-state index in [9.17, 15) is 4.79 Å². The summed E-state index contributed by atoms with van der Waals surface area (Å²) in [6.07, 6.45) is 5.70. The summed E-state index contributed by atoms with van der Waals surface area (Å²) in [5.41, 5.74) is 0.875. The van der Waals surface area contributed by atoms with Crippen LogP contribution in [0, 0.1) is 0 Å². The number of carboxylic acid groups (broad SMARTS) is 1. The molecule has 0 amide bonds. The molecular formula is C11H12N4O2. The molecular weight excluding hydrogens is 220 g/mol. The number of aryl methyl sites for hydroxylation is 1. The zero-order valence-corrected chi connectivity index (χ0v) is 9.15. The Kier molecular flexibility index (Phi) is 3.44. The van der Waals surface area contributed by atoms with Crippen LogP contribution < -0.4 is 0 Å². The number of hydrogen-bond donors (Lipinski definition) is 1. The van der Waals surface area contributed by atoms with Gasteiger partial charge in [0.2, 0.25) is 0 Å². The van der Waals surface area contributed by atoms with Crippen LogP contribution in [0.25, 0.3) is 11.4 Å².